The Balaban J connectivity index is 1.43. The molecular weight excluding hydrogens is 316 g/mol. The molecule has 0 aliphatic carbocycles. The fourth-order valence-corrected chi connectivity index (χ4v) is 3.17. The fourth-order valence-electron chi connectivity index (χ4n) is 3.17. The lowest BCUT2D eigenvalue weighted by atomic mass is 10.1. The van der Waals surface area contributed by atoms with E-state index in [9.17, 15) is 9.90 Å². The molecule has 1 aliphatic rings. The number of aromatic nitrogens is 2. The number of carbonyl (C=O) groups is 1. The lowest BCUT2D eigenvalue weighted by molar-refractivity contribution is -0.123. The van der Waals surface area contributed by atoms with E-state index in [2.05, 4.69) is 15.6 Å². The van der Waals surface area contributed by atoms with Crippen molar-refractivity contribution in [2.24, 2.45) is 0 Å². The van der Waals surface area contributed by atoms with Gasteiger partial charge in [-0.3, -0.25) is 9.36 Å². The van der Waals surface area contributed by atoms with E-state index in [1.54, 1.807) is 0 Å². The number of para-hydroxylation sites is 2. The Morgan fingerprint density at radius 3 is 2.80 bits per heavy atom. The van der Waals surface area contributed by atoms with Crippen LogP contribution in [-0.4, -0.2) is 39.3 Å². The summed E-state index contributed by atoms with van der Waals surface area (Å²) >= 11 is 0. The summed E-state index contributed by atoms with van der Waals surface area (Å²) in [6, 6.07) is 15.8. The van der Waals surface area contributed by atoms with Crippen LogP contribution in [0.2, 0.25) is 0 Å². The summed E-state index contributed by atoms with van der Waals surface area (Å²) < 4.78 is 2.04. The van der Waals surface area contributed by atoms with Crippen molar-refractivity contribution in [3.8, 4) is 5.69 Å². The highest BCUT2D eigenvalue weighted by molar-refractivity contribution is 5.82. The molecule has 1 aromatic heterocycles. The van der Waals surface area contributed by atoms with Crippen molar-refractivity contribution in [3.05, 3.63) is 60.4 Å². The van der Waals surface area contributed by atoms with Crippen LogP contribution in [0.15, 0.2) is 54.9 Å². The van der Waals surface area contributed by atoms with Crippen LogP contribution in [0.3, 0.4) is 0 Å². The van der Waals surface area contributed by atoms with E-state index in [1.807, 2.05) is 59.4 Å². The normalized spacial score (nSPS) is 20.0. The van der Waals surface area contributed by atoms with E-state index in [-0.39, 0.29) is 11.9 Å². The Morgan fingerprint density at radius 2 is 2.04 bits per heavy atom. The van der Waals surface area contributed by atoms with E-state index in [0.717, 1.165) is 22.3 Å². The molecule has 2 unspecified atom stereocenters. The molecule has 2 atom stereocenters. The van der Waals surface area contributed by atoms with Gasteiger partial charge in [0.25, 0.3) is 0 Å². The van der Waals surface area contributed by atoms with Gasteiger partial charge >= 0.3 is 0 Å². The number of amides is 1. The average Bonchev–Trinajstić information content (AvgIpc) is 3.26. The number of nitrogens with zero attached hydrogens (tertiary/aromatic N) is 2. The van der Waals surface area contributed by atoms with Crippen molar-refractivity contribution in [1.82, 2.24) is 20.2 Å². The van der Waals surface area contributed by atoms with Gasteiger partial charge in [-0.2, -0.15) is 0 Å². The molecule has 3 N–H and O–H groups in total. The second-order valence-electron chi connectivity index (χ2n) is 6.34. The summed E-state index contributed by atoms with van der Waals surface area (Å²) in [7, 11) is 0. The van der Waals surface area contributed by atoms with E-state index in [4.69, 9.17) is 0 Å². The zero-order valence-electron chi connectivity index (χ0n) is 13.7. The lowest BCUT2D eigenvalue weighted by Gasteiger charge is -2.11. The Bertz CT molecular complexity index is 888. The number of β-amino-alcohol motifs (C(OH)–C–C–N with tert-alkyl or cyclic N) is 1. The van der Waals surface area contributed by atoms with Gasteiger partial charge in [-0.15, -0.1) is 0 Å². The SMILES string of the molecule is O=C(NCc1ccc(-n2cnc3ccccc32)cc1)C1CC(O)CN1. The minimum Gasteiger partial charge on any atom is -0.392 e. The summed E-state index contributed by atoms with van der Waals surface area (Å²) in [5, 5.41) is 15.4. The van der Waals surface area contributed by atoms with Crippen LogP contribution >= 0.6 is 0 Å². The first-order chi connectivity index (χ1) is 12.2. The van der Waals surface area contributed by atoms with Gasteiger partial charge in [0.05, 0.1) is 23.2 Å². The lowest BCUT2D eigenvalue weighted by Crippen LogP contribution is -2.39. The summed E-state index contributed by atoms with van der Waals surface area (Å²) in [6.07, 6.45) is 1.86. The number of hydrogen-bond acceptors (Lipinski definition) is 4. The Labute approximate surface area is 145 Å². The van der Waals surface area contributed by atoms with E-state index < -0.39 is 6.10 Å². The van der Waals surface area contributed by atoms with Gasteiger partial charge in [0, 0.05) is 18.8 Å². The summed E-state index contributed by atoms with van der Waals surface area (Å²) in [6.45, 7) is 0.948. The van der Waals surface area contributed by atoms with E-state index in [0.29, 0.717) is 19.5 Å². The van der Waals surface area contributed by atoms with Gasteiger partial charge < -0.3 is 15.7 Å². The van der Waals surface area contributed by atoms with Crippen molar-refractivity contribution >= 4 is 16.9 Å². The molecule has 6 nitrogen and oxygen atoms in total. The van der Waals surface area contributed by atoms with E-state index >= 15 is 0 Å². The number of rotatable bonds is 4. The standard InChI is InChI=1S/C19H20N4O2/c24-15-9-17(20-11-15)19(25)21-10-13-5-7-14(8-6-13)23-12-22-16-3-1-2-4-18(16)23/h1-8,12,15,17,20,24H,9-11H2,(H,21,25). The molecule has 4 rings (SSSR count). The van der Waals surface area contributed by atoms with E-state index in [1.165, 1.54) is 0 Å². The van der Waals surface area contributed by atoms with Crippen molar-refractivity contribution < 1.29 is 9.90 Å². The van der Waals surface area contributed by atoms with Crippen LogP contribution in [0.4, 0.5) is 0 Å². The molecule has 2 aromatic carbocycles. The molecule has 25 heavy (non-hydrogen) atoms. The van der Waals surface area contributed by atoms with Crippen molar-refractivity contribution in [1.29, 1.82) is 0 Å². The summed E-state index contributed by atoms with van der Waals surface area (Å²) in [5.41, 5.74) is 4.09. The quantitative estimate of drug-likeness (QED) is 0.672. The number of carbonyl (C=O) groups excluding carboxylic acids is 1. The zero-order valence-corrected chi connectivity index (χ0v) is 13.7. The van der Waals surface area contributed by atoms with Crippen molar-refractivity contribution in [2.45, 2.75) is 25.1 Å². The Morgan fingerprint density at radius 1 is 1.24 bits per heavy atom. The predicted molar refractivity (Wildman–Crippen MR) is 95.3 cm³/mol. The van der Waals surface area contributed by atoms with Gasteiger partial charge in [0.2, 0.25) is 5.91 Å². The second kappa shape index (κ2) is 6.66. The first kappa shape index (κ1) is 15.8. The highest BCUT2D eigenvalue weighted by Crippen LogP contribution is 2.18. The molecule has 0 spiro atoms. The number of aliphatic hydroxyl groups is 1. The van der Waals surface area contributed by atoms with Gasteiger partial charge in [0.1, 0.15) is 6.33 Å². The molecule has 3 aromatic rings. The maximum atomic E-state index is 12.1. The van der Waals surface area contributed by atoms with Gasteiger partial charge in [-0.25, -0.2) is 4.98 Å². The number of imidazole rings is 1. The average molecular weight is 336 g/mol. The molecule has 2 heterocycles. The number of hydrogen-bond donors (Lipinski definition) is 3. The molecule has 128 valence electrons. The third-order valence-corrected chi connectivity index (χ3v) is 4.56. The molecule has 6 heteroatoms. The number of benzene rings is 2. The molecule has 0 radical (unpaired) electrons. The van der Waals surface area contributed by atoms with Crippen molar-refractivity contribution in [3.63, 3.8) is 0 Å². The number of fused-ring (bicyclic) bond motifs is 1. The molecule has 0 bridgehead atoms. The number of nitrogens with one attached hydrogen (secondary N) is 2. The molecule has 0 saturated carbocycles. The maximum absolute atomic E-state index is 12.1. The monoisotopic (exact) mass is 336 g/mol. The molecular formula is C19H20N4O2. The molecule has 1 aliphatic heterocycles. The third kappa shape index (κ3) is 3.26. The van der Waals surface area contributed by atoms with Crippen LogP contribution in [-0.2, 0) is 11.3 Å². The maximum Gasteiger partial charge on any atom is 0.237 e. The first-order valence-corrected chi connectivity index (χ1v) is 8.41. The summed E-state index contributed by atoms with van der Waals surface area (Å²) in [4.78, 5) is 16.5. The Hall–Kier alpha value is -2.70. The minimum absolute atomic E-state index is 0.0683. The smallest absolute Gasteiger partial charge is 0.237 e. The molecule has 1 fully saturated rings. The van der Waals surface area contributed by atoms with Crippen LogP contribution in [0.1, 0.15) is 12.0 Å². The largest absolute Gasteiger partial charge is 0.392 e. The van der Waals surface area contributed by atoms with Crippen molar-refractivity contribution in [2.75, 3.05) is 6.54 Å². The third-order valence-electron chi connectivity index (χ3n) is 4.56. The zero-order chi connectivity index (χ0) is 17.2. The first-order valence-electron chi connectivity index (χ1n) is 8.41. The Kier molecular flexibility index (Phi) is 4.21. The summed E-state index contributed by atoms with van der Waals surface area (Å²) in [5.74, 6) is -0.0683. The van der Waals surface area contributed by atoms with Crippen LogP contribution in [0, 0.1) is 0 Å². The highest BCUT2D eigenvalue weighted by atomic mass is 16.3. The van der Waals surface area contributed by atoms with Gasteiger partial charge in [-0.1, -0.05) is 24.3 Å². The molecule has 1 saturated heterocycles. The van der Waals surface area contributed by atoms with Crippen LogP contribution < -0.4 is 10.6 Å². The van der Waals surface area contributed by atoms with Gasteiger partial charge in [-0.05, 0) is 36.2 Å². The van der Waals surface area contributed by atoms with Gasteiger partial charge in [0.15, 0.2) is 0 Å². The van der Waals surface area contributed by atoms with Crippen LogP contribution in [0.5, 0.6) is 0 Å². The minimum atomic E-state index is -0.431. The fraction of sp³-hybridized carbons (Fsp3) is 0.263. The second-order valence-corrected chi connectivity index (χ2v) is 6.34. The molecule has 1 amide bonds. The topological polar surface area (TPSA) is 79.2 Å². The van der Waals surface area contributed by atoms with Crippen LogP contribution in [0.25, 0.3) is 16.7 Å². The highest BCUT2D eigenvalue weighted by Gasteiger charge is 2.27. The predicted octanol–water partition coefficient (Wildman–Crippen LogP) is 1.36. The number of aliphatic hydroxyl groups excluding tert-OH is 1.